The van der Waals surface area contributed by atoms with Crippen molar-refractivity contribution in [1.29, 1.82) is 0 Å². The van der Waals surface area contributed by atoms with Gasteiger partial charge in [0, 0.05) is 6.04 Å². The molecule has 5 nitrogen and oxygen atoms in total. The molecule has 2 N–H and O–H groups in total. The molecule has 2 heterocycles. The Labute approximate surface area is 114 Å². The van der Waals surface area contributed by atoms with Gasteiger partial charge in [-0.15, -0.1) is 12.4 Å². The maximum absolute atomic E-state index is 11.8. The molecule has 2 saturated heterocycles. The van der Waals surface area contributed by atoms with Crippen LogP contribution in [0.15, 0.2) is 0 Å². The number of piperidine rings is 1. The van der Waals surface area contributed by atoms with Crippen LogP contribution < -0.4 is 10.0 Å². The van der Waals surface area contributed by atoms with E-state index in [-0.39, 0.29) is 29.3 Å². The average Bonchev–Trinajstić information content (AvgIpc) is 3.07. The lowest BCUT2D eigenvalue weighted by molar-refractivity contribution is -0.0193. The lowest BCUT2D eigenvalue weighted by Gasteiger charge is -2.32. The van der Waals surface area contributed by atoms with Gasteiger partial charge in [0.1, 0.15) is 0 Å². The Morgan fingerprint density at radius 1 is 1.22 bits per heavy atom. The summed E-state index contributed by atoms with van der Waals surface area (Å²) in [6.07, 6.45) is 4.46. The van der Waals surface area contributed by atoms with Crippen molar-refractivity contribution in [1.82, 2.24) is 10.0 Å². The van der Waals surface area contributed by atoms with Gasteiger partial charge in [0.25, 0.3) is 0 Å². The van der Waals surface area contributed by atoms with Crippen molar-refractivity contribution in [3.05, 3.63) is 0 Å². The van der Waals surface area contributed by atoms with Gasteiger partial charge in [0.05, 0.1) is 17.5 Å². The third-order valence-corrected chi connectivity index (χ3v) is 6.03. The topological polar surface area (TPSA) is 67.4 Å². The molecule has 1 spiro atoms. The fraction of sp³-hybridized carbons (Fsp3) is 1.00. The first kappa shape index (κ1) is 14.5. The van der Waals surface area contributed by atoms with E-state index in [4.69, 9.17) is 4.74 Å². The summed E-state index contributed by atoms with van der Waals surface area (Å²) in [5, 5.41) is 3.18. The normalized spacial score (nSPS) is 31.2. The standard InChI is InChI=1S/C11H20N2O3S.ClH/c14-17(15,10-1-2-10)13-9-7-11(16-8-9)3-5-12-6-4-11;/h9-10,12-13H,1-8H2;1H/t9-;/m1./s1. The predicted molar refractivity (Wildman–Crippen MR) is 71.5 cm³/mol. The highest BCUT2D eigenvalue weighted by atomic mass is 35.5. The lowest BCUT2D eigenvalue weighted by Crippen LogP contribution is -2.43. The van der Waals surface area contributed by atoms with Crippen LogP contribution in [0.25, 0.3) is 0 Å². The number of hydrogen-bond donors (Lipinski definition) is 2. The first-order valence-corrected chi connectivity index (χ1v) is 8.00. The predicted octanol–water partition coefficient (Wildman–Crippen LogP) is 0.401. The average molecular weight is 297 g/mol. The molecule has 0 aromatic rings. The van der Waals surface area contributed by atoms with Crippen molar-refractivity contribution < 1.29 is 13.2 Å². The van der Waals surface area contributed by atoms with Gasteiger partial charge in [-0.3, -0.25) is 0 Å². The Balaban J connectivity index is 0.00000120. The Bertz CT molecular complexity index is 391. The molecule has 3 rings (SSSR count). The first-order valence-electron chi connectivity index (χ1n) is 6.46. The minimum atomic E-state index is -3.07. The SMILES string of the molecule is Cl.O=S(=O)(N[C@H]1COC2(CCNCC2)C1)C1CC1. The van der Waals surface area contributed by atoms with Crippen LogP contribution >= 0.6 is 12.4 Å². The molecule has 2 aliphatic heterocycles. The summed E-state index contributed by atoms with van der Waals surface area (Å²) in [7, 11) is -3.07. The molecule has 1 atom stereocenters. The second-order valence-electron chi connectivity index (χ2n) is 5.51. The van der Waals surface area contributed by atoms with Gasteiger partial charge in [-0.25, -0.2) is 13.1 Å². The van der Waals surface area contributed by atoms with E-state index in [1.165, 1.54) is 0 Å². The summed E-state index contributed by atoms with van der Waals surface area (Å²) < 4.78 is 32.4. The molecule has 1 saturated carbocycles. The number of halogens is 1. The van der Waals surface area contributed by atoms with E-state index in [1.54, 1.807) is 0 Å². The van der Waals surface area contributed by atoms with E-state index in [1.807, 2.05) is 0 Å². The number of rotatable bonds is 3. The summed E-state index contributed by atoms with van der Waals surface area (Å²) in [5.74, 6) is 0. The molecule has 0 aromatic heterocycles. The van der Waals surface area contributed by atoms with Crippen LogP contribution in [0.4, 0.5) is 0 Å². The van der Waals surface area contributed by atoms with Crippen molar-refractivity contribution >= 4 is 22.4 Å². The van der Waals surface area contributed by atoms with E-state index >= 15 is 0 Å². The summed E-state index contributed by atoms with van der Waals surface area (Å²) in [5.41, 5.74) is -0.0675. The molecule has 0 radical (unpaired) electrons. The van der Waals surface area contributed by atoms with Crippen LogP contribution in [0.3, 0.4) is 0 Å². The van der Waals surface area contributed by atoms with Crippen LogP contribution in [-0.2, 0) is 14.8 Å². The quantitative estimate of drug-likeness (QED) is 0.791. The zero-order valence-electron chi connectivity index (χ0n) is 10.4. The highest BCUT2D eigenvalue weighted by Crippen LogP contribution is 2.35. The smallest absolute Gasteiger partial charge is 0.214 e. The Kier molecular flexibility index (Phi) is 4.23. The number of sulfonamides is 1. The number of nitrogens with one attached hydrogen (secondary N) is 2. The maximum Gasteiger partial charge on any atom is 0.214 e. The van der Waals surface area contributed by atoms with Crippen molar-refractivity contribution in [2.75, 3.05) is 19.7 Å². The third kappa shape index (κ3) is 2.99. The minimum absolute atomic E-state index is 0. The molecule has 7 heteroatoms. The van der Waals surface area contributed by atoms with Gasteiger partial charge in [-0.2, -0.15) is 0 Å². The minimum Gasteiger partial charge on any atom is -0.373 e. The van der Waals surface area contributed by atoms with Crippen molar-refractivity contribution in [3.63, 3.8) is 0 Å². The molecule has 18 heavy (non-hydrogen) atoms. The molecule has 0 bridgehead atoms. The molecular weight excluding hydrogens is 276 g/mol. The largest absolute Gasteiger partial charge is 0.373 e. The molecule has 3 aliphatic rings. The highest BCUT2D eigenvalue weighted by Gasteiger charge is 2.44. The lowest BCUT2D eigenvalue weighted by atomic mass is 9.88. The third-order valence-electron chi connectivity index (χ3n) is 4.02. The molecule has 3 fully saturated rings. The van der Waals surface area contributed by atoms with Crippen molar-refractivity contribution in [2.45, 2.75) is 49.0 Å². The fourth-order valence-corrected chi connectivity index (χ4v) is 4.42. The summed E-state index contributed by atoms with van der Waals surface area (Å²) in [6, 6.07) is -0.0151. The first-order chi connectivity index (χ1) is 8.10. The zero-order chi connectivity index (χ0) is 11.9. The van der Waals surface area contributed by atoms with E-state index in [9.17, 15) is 8.42 Å². The van der Waals surface area contributed by atoms with Gasteiger partial charge in [-0.1, -0.05) is 0 Å². The van der Waals surface area contributed by atoms with Gasteiger partial charge >= 0.3 is 0 Å². The maximum atomic E-state index is 11.8. The van der Waals surface area contributed by atoms with Crippen molar-refractivity contribution in [2.24, 2.45) is 0 Å². The van der Waals surface area contributed by atoms with Gasteiger partial charge in [0.2, 0.25) is 10.0 Å². The summed E-state index contributed by atoms with van der Waals surface area (Å²) in [4.78, 5) is 0. The van der Waals surface area contributed by atoms with Crippen molar-refractivity contribution in [3.8, 4) is 0 Å². The van der Waals surface area contributed by atoms with Gasteiger partial charge < -0.3 is 10.1 Å². The molecular formula is C11H21ClN2O3S. The van der Waals surface area contributed by atoms with Crippen LogP contribution in [0, 0.1) is 0 Å². The van der Waals surface area contributed by atoms with E-state index in [2.05, 4.69) is 10.0 Å². The summed E-state index contributed by atoms with van der Waals surface area (Å²) >= 11 is 0. The van der Waals surface area contributed by atoms with Crippen LogP contribution in [-0.4, -0.2) is 45.0 Å². The van der Waals surface area contributed by atoms with Gasteiger partial charge in [-0.05, 0) is 45.2 Å². The summed E-state index contributed by atoms with van der Waals surface area (Å²) in [6.45, 7) is 2.48. The monoisotopic (exact) mass is 296 g/mol. The van der Waals surface area contributed by atoms with E-state index in [0.717, 1.165) is 45.2 Å². The van der Waals surface area contributed by atoms with Crippen LogP contribution in [0.5, 0.6) is 0 Å². The van der Waals surface area contributed by atoms with Gasteiger partial charge in [0.15, 0.2) is 0 Å². The number of hydrogen-bond acceptors (Lipinski definition) is 4. The fourth-order valence-electron chi connectivity index (χ4n) is 2.86. The number of ether oxygens (including phenoxy) is 1. The molecule has 0 amide bonds. The molecule has 106 valence electrons. The highest BCUT2D eigenvalue weighted by molar-refractivity contribution is 7.90. The van der Waals surface area contributed by atoms with E-state index < -0.39 is 10.0 Å². The second kappa shape index (κ2) is 5.25. The Morgan fingerprint density at radius 3 is 2.50 bits per heavy atom. The Hall–Kier alpha value is 0.120. The molecule has 0 aromatic carbocycles. The molecule has 1 aliphatic carbocycles. The zero-order valence-corrected chi connectivity index (χ0v) is 12.0. The molecule has 0 unspecified atom stereocenters. The Morgan fingerprint density at radius 2 is 1.89 bits per heavy atom. The van der Waals surface area contributed by atoms with Crippen LogP contribution in [0.1, 0.15) is 32.1 Å². The second-order valence-corrected chi connectivity index (χ2v) is 7.50. The van der Waals surface area contributed by atoms with Crippen LogP contribution in [0.2, 0.25) is 0 Å². The van der Waals surface area contributed by atoms with E-state index in [0.29, 0.717) is 6.61 Å².